The molecule has 3 heteroatoms. The van der Waals surface area contributed by atoms with Gasteiger partial charge in [0.15, 0.2) is 0 Å². The summed E-state index contributed by atoms with van der Waals surface area (Å²) in [5, 5.41) is 9.59. The van der Waals surface area contributed by atoms with Gasteiger partial charge in [0.1, 0.15) is 0 Å². The fourth-order valence-corrected chi connectivity index (χ4v) is 4.55. The first-order valence-corrected chi connectivity index (χ1v) is 10.2. The predicted molar refractivity (Wildman–Crippen MR) is 117 cm³/mol. The molecular formula is C26H27NO2. The van der Waals surface area contributed by atoms with E-state index >= 15 is 0 Å². The molecule has 1 amide bonds. The van der Waals surface area contributed by atoms with E-state index in [9.17, 15) is 9.90 Å². The van der Waals surface area contributed by atoms with Crippen molar-refractivity contribution in [2.45, 2.75) is 32.1 Å². The Kier molecular flexibility index (Phi) is 5.39. The van der Waals surface area contributed by atoms with Crippen molar-refractivity contribution in [3.8, 4) is 11.1 Å². The number of piperidine rings is 1. The molecule has 1 saturated heterocycles. The van der Waals surface area contributed by atoms with Gasteiger partial charge in [0.2, 0.25) is 0 Å². The van der Waals surface area contributed by atoms with Crippen LogP contribution in [-0.4, -0.2) is 29.2 Å². The molecule has 0 bridgehead atoms. The summed E-state index contributed by atoms with van der Waals surface area (Å²) < 4.78 is 0. The molecule has 0 aromatic heterocycles. The Morgan fingerprint density at radius 1 is 0.897 bits per heavy atom. The SMILES string of the molecule is Cc1ccc(C)c(-c2cccc([C@@H]3CN(C(=O)O)CC[C@H]3c3ccccc3)c2)c1. The Balaban J connectivity index is 1.75. The van der Waals surface area contributed by atoms with Crippen molar-refractivity contribution in [1.82, 2.24) is 4.90 Å². The van der Waals surface area contributed by atoms with Crippen LogP contribution in [0.2, 0.25) is 0 Å². The van der Waals surface area contributed by atoms with E-state index in [4.69, 9.17) is 0 Å². The van der Waals surface area contributed by atoms with E-state index < -0.39 is 6.09 Å². The largest absolute Gasteiger partial charge is 0.465 e. The lowest BCUT2D eigenvalue weighted by Crippen LogP contribution is -2.41. The van der Waals surface area contributed by atoms with E-state index in [0.717, 1.165) is 6.42 Å². The third-order valence-electron chi connectivity index (χ3n) is 6.13. The minimum absolute atomic E-state index is 0.146. The minimum atomic E-state index is -0.827. The summed E-state index contributed by atoms with van der Waals surface area (Å²) in [6, 6.07) is 25.7. The monoisotopic (exact) mass is 385 g/mol. The van der Waals surface area contributed by atoms with E-state index in [2.05, 4.69) is 80.6 Å². The van der Waals surface area contributed by atoms with Crippen molar-refractivity contribution in [1.29, 1.82) is 0 Å². The first-order valence-electron chi connectivity index (χ1n) is 10.2. The molecule has 3 aromatic rings. The summed E-state index contributed by atoms with van der Waals surface area (Å²) in [5.74, 6) is 0.466. The Morgan fingerprint density at radius 3 is 2.41 bits per heavy atom. The third kappa shape index (κ3) is 4.04. The lowest BCUT2D eigenvalue weighted by atomic mass is 9.76. The van der Waals surface area contributed by atoms with E-state index in [-0.39, 0.29) is 5.92 Å². The molecule has 2 atom stereocenters. The first kappa shape index (κ1) is 19.3. The molecule has 1 fully saturated rings. The van der Waals surface area contributed by atoms with Crippen LogP contribution in [-0.2, 0) is 0 Å². The van der Waals surface area contributed by atoms with Crippen molar-refractivity contribution in [2.75, 3.05) is 13.1 Å². The van der Waals surface area contributed by atoms with Crippen molar-refractivity contribution >= 4 is 6.09 Å². The fraction of sp³-hybridized carbons (Fsp3) is 0.269. The number of likely N-dealkylation sites (tertiary alicyclic amines) is 1. The highest BCUT2D eigenvalue weighted by atomic mass is 16.4. The zero-order valence-corrected chi connectivity index (χ0v) is 17.0. The second-order valence-corrected chi connectivity index (χ2v) is 8.08. The predicted octanol–water partition coefficient (Wildman–Crippen LogP) is 6.22. The summed E-state index contributed by atoms with van der Waals surface area (Å²) in [4.78, 5) is 13.2. The van der Waals surface area contributed by atoms with Crippen LogP contribution in [0.4, 0.5) is 4.79 Å². The molecule has 1 N–H and O–H groups in total. The van der Waals surface area contributed by atoms with Crippen LogP contribution in [0.1, 0.15) is 40.5 Å². The summed E-state index contributed by atoms with van der Waals surface area (Å²) >= 11 is 0. The molecule has 0 unspecified atom stereocenters. The Labute approximate surface area is 172 Å². The van der Waals surface area contributed by atoms with Gasteiger partial charge < -0.3 is 10.0 Å². The van der Waals surface area contributed by atoms with Crippen molar-refractivity contribution < 1.29 is 9.90 Å². The van der Waals surface area contributed by atoms with Gasteiger partial charge in [0.05, 0.1) is 0 Å². The van der Waals surface area contributed by atoms with E-state index in [0.29, 0.717) is 19.0 Å². The Hall–Kier alpha value is -3.07. The van der Waals surface area contributed by atoms with Gasteiger partial charge in [-0.25, -0.2) is 4.79 Å². The van der Waals surface area contributed by atoms with Crippen LogP contribution in [0.3, 0.4) is 0 Å². The second kappa shape index (κ2) is 8.12. The van der Waals surface area contributed by atoms with Crippen LogP contribution in [0.5, 0.6) is 0 Å². The molecule has 0 spiro atoms. The molecule has 3 aromatic carbocycles. The molecule has 4 rings (SSSR count). The number of amides is 1. The summed E-state index contributed by atoms with van der Waals surface area (Å²) in [6.07, 6.45) is 0.0153. The average molecular weight is 386 g/mol. The van der Waals surface area contributed by atoms with Crippen molar-refractivity contribution in [2.24, 2.45) is 0 Å². The summed E-state index contributed by atoms with van der Waals surface area (Å²) in [5.41, 5.74) is 7.44. The van der Waals surface area contributed by atoms with Gasteiger partial charge >= 0.3 is 6.09 Å². The zero-order chi connectivity index (χ0) is 20.4. The number of nitrogens with zero attached hydrogens (tertiary/aromatic N) is 1. The maximum atomic E-state index is 11.7. The molecule has 29 heavy (non-hydrogen) atoms. The minimum Gasteiger partial charge on any atom is -0.465 e. The molecule has 1 heterocycles. The number of rotatable bonds is 3. The maximum absolute atomic E-state index is 11.7. The standard InChI is InChI=1S/C26H27NO2/c1-18-11-12-19(2)24(15-18)21-9-6-10-22(16-21)25-17-27(26(28)29)14-13-23(25)20-7-4-3-5-8-20/h3-12,15-16,23,25H,13-14,17H2,1-2H3,(H,28,29)/t23-,25-/m0/s1. The molecule has 0 radical (unpaired) electrons. The lowest BCUT2D eigenvalue weighted by Gasteiger charge is -2.38. The zero-order valence-electron chi connectivity index (χ0n) is 17.0. The number of aryl methyl sites for hydroxylation is 2. The summed E-state index contributed by atoms with van der Waals surface area (Å²) in [6.45, 7) is 5.37. The first-order chi connectivity index (χ1) is 14.0. The van der Waals surface area contributed by atoms with E-state index in [1.165, 1.54) is 33.4 Å². The van der Waals surface area contributed by atoms with Crippen LogP contribution in [0.15, 0.2) is 72.8 Å². The molecule has 0 saturated carbocycles. The highest BCUT2D eigenvalue weighted by Gasteiger charge is 2.33. The molecular weight excluding hydrogens is 358 g/mol. The highest BCUT2D eigenvalue weighted by molar-refractivity contribution is 5.69. The van der Waals surface area contributed by atoms with Gasteiger partial charge in [-0.05, 0) is 54.0 Å². The number of hydrogen-bond acceptors (Lipinski definition) is 1. The number of carboxylic acid groups (broad SMARTS) is 1. The third-order valence-corrected chi connectivity index (χ3v) is 6.13. The van der Waals surface area contributed by atoms with Crippen LogP contribution in [0, 0.1) is 13.8 Å². The van der Waals surface area contributed by atoms with Gasteiger partial charge in [0, 0.05) is 19.0 Å². The molecule has 1 aliphatic heterocycles. The molecule has 3 nitrogen and oxygen atoms in total. The molecule has 148 valence electrons. The van der Waals surface area contributed by atoms with Gasteiger partial charge in [-0.15, -0.1) is 0 Å². The van der Waals surface area contributed by atoms with Crippen LogP contribution in [0.25, 0.3) is 11.1 Å². The summed E-state index contributed by atoms with van der Waals surface area (Å²) in [7, 11) is 0. The van der Waals surface area contributed by atoms with Gasteiger partial charge in [0.25, 0.3) is 0 Å². The molecule has 0 aliphatic carbocycles. The van der Waals surface area contributed by atoms with Crippen LogP contribution < -0.4 is 0 Å². The van der Waals surface area contributed by atoms with E-state index in [1.54, 1.807) is 4.90 Å². The van der Waals surface area contributed by atoms with Gasteiger partial charge in [-0.3, -0.25) is 0 Å². The van der Waals surface area contributed by atoms with Gasteiger partial charge in [-0.2, -0.15) is 0 Å². The quantitative estimate of drug-likeness (QED) is 0.581. The van der Waals surface area contributed by atoms with Crippen molar-refractivity contribution in [3.05, 3.63) is 95.1 Å². The smallest absolute Gasteiger partial charge is 0.407 e. The normalized spacial score (nSPS) is 19.2. The molecule has 1 aliphatic rings. The second-order valence-electron chi connectivity index (χ2n) is 8.08. The highest BCUT2D eigenvalue weighted by Crippen LogP contribution is 2.40. The fourth-order valence-electron chi connectivity index (χ4n) is 4.55. The number of hydrogen-bond donors (Lipinski definition) is 1. The Bertz CT molecular complexity index is 1010. The topological polar surface area (TPSA) is 40.5 Å². The average Bonchev–Trinajstić information content (AvgIpc) is 2.75. The number of benzene rings is 3. The maximum Gasteiger partial charge on any atom is 0.407 e. The van der Waals surface area contributed by atoms with Crippen molar-refractivity contribution in [3.63, 3.8) is 0 Å². The Morgan fingerprint density at radius 2 is 1.66 bits per heavy atom. The van der Waals surface area contributed by atoms with Crippen LogP contribution >= 0.6 is 0 Å². The van der Waals surface area contributed by atoms with E-state index in [1.807, 2.05) is 6.07 Å². The lowest BCUT2D eigenvalue weighted by molar-refractivity contribution is 0.125. The van der Waals surface area contributed by atoms with Gasteiger partial charge in [-0.1, -0.05) is 78.4 Å². The number of carbonyl (C=O) groups is 1.